The van der Waals surface area contributed by atoms with Crippen LogP contribution in [0.2, 0.25) is 0 Å². The number of carboxylic acid groups (broad SMARTS) is 1. The van der Waals surface area contributed by atoms with Gasteiger partial charge in [-0.2, -0.15) is 0 Å². The average Bonchev–Trinajstić information content (AvgIpc) is 2.96. The fraction of sp³-hybridized carbons (Fsp3) is 0.438. The number of aliphatic carboxylic acids is 1. The summed E-state index contributed by atoms with van der Waals surface area (Å²) in [4.78, 5) is 28.2. The molecule has 0 aromatic carbocycles. The molecule has 2 N–H and O–H groups in total. The molecule has 5 nitrogen and oxygen atoms in total. The number of hydrogen-bond acceptors (Lipinski definition) is 3. The lowest BCUT2D eigenvalue weighted by molar-refractivity contribution is -0.146. The molecule has 0 radical (unpaired) electrons. The van der Waals surface area contributed by atoms with E-state index in [1.165, 1.54) is 0 Å². The lowest BCUT2D eigenvalue weighted by Gasteiger charge is -2.23. The van der Waals surface area contributed by atoms with E-state index in [2.05, 4.69) is 10.3 Å². The van der Waals surface area contributed by atoms with Gasteiger partial charge in [-0.1, -0.05) is 12.2 Å². The molecular weight excluding hydrogens is 268 g/mol. The molecule has 0 aliphatic heterocycles. The van der Waals surface area contributed by atoms with Crippen LogP contribution >= 0.6 is 0 Å². The van der Waals surface area contributed by atoms with Crippen LogP contribution in [0.25, 0.3) is 0 Å². The summed E-state index contributed by atoms with van der Waals surface area (Å²) >= 11 is 0. The molecule has 5 heteroatoms. The van der Waals surface area contributed by atoms with Crippen molar-refractivity contribution in [1.29, 1.82) is 0 Å². The second-order valence-corrected chi connectivity index (χ2v) is 6.00. The van der Waals surface area contributed by atoms with E-state index in [1.807, 2.05) is 32.1 Å². The Morgan fingerprint density at radius 1 is 1.19 bits per heavy atom. The summed E-state index contributed by atoms with van der Waals surface area (Å²) < 4.78 is 0. The molecule has 1 aromatic heterocycles. The predicted molar refractivity (Wildman–Crippen MR) is 77.7 cm³/mol. The van der Waals surface area contributed by atoms with Gasteiger partial charge in [0, 0.05) is 5.69 Å². The lowest BCUT2D eigenvalue weighted by Crippen LogP contribution is -2.36. The molecule has 2 aliphatic rings. The Hall–Kier alpha value is -2.17. The van der Waals surface area contributed by atoms with Gasteiger partial charge in [-0.3, -0.25) is 9.59 Å². The van der Waals surface area contributed by atoms with E-state index in [4.69, 9.17) is 0 Å². The van der Waals surface area contributed by atoms with Gasteiger partial charge in [-0.15, -0.1) is 0 Å². The molecule has 4 atom stereocenters. The Morgan fingerprint density at radius 3 is 2.48 bits per heavy atom. The SMILES string of the molecule is Cc1cc(C)nc(NC(=O)[C@@H]2[C@@H](C(=O)O)[C@H]3C=C[C@@H]2C3)c1. The molecule has 1 aromatic rings. The first-order valence-corrected chi connectivity index (χ1v) is 7.13. The number of aryl methyl sites for hydroxylation is 2. The molecule has 0 saturated heterocycles. The van der Waals surface area contributed by atoms with Crippen LogP contribution in [-0.2, 0) is 9.59 Å². The van der Waals surface area contributed by atoms with E-state index in [0.717, 1.165) is 17.7 Å². The van der Waals surface area contributed by atoms with Gasteiger partial charge in [-0.05, 0) is 49.8 Å². The van der Waals surface area contributed by atoms with Crippen LogP contribution in [0.4, 0.5) is 5.82 Å². The van der Waals surface area contributed by atoms with Crippen molar-refractivity contribution in [3.63, 3.8) is 0 Å². The molecule has 2 aliphatic carbocycles. The maximum Gasteiger partial charge on any atom is 0.307 e. The number of nitrogens with one attached hydrogen (secondary N) is 1. The monoisotopic (exact) mass is 286 g/mol. The zero-order chi connectivity index (χ0) is 15.1. The van der Waals surface area contributed by atoms with Gasteiger partial charge in [0.1, 0.15) is 5.82 Å². The third kappa shape index (κ3) is 2.44. The number of pyridine rings is 1. The first-order chi connectivity index (χ1) is 9.95. The third-order valence-corrected chi connectivity index (χ3v) is 4.40. The summed E-state index contributed by atoms with van der Waals surface area (Å²) in [6.07, 6.45) is 4.67. The number of hydrogen-bond donors (Lipinski definition) is 2. The molecule has 110 valence electrons. The quantitative estimate of drug-likeness (QED) is 0.834. The summed E-state index contributed by atoms with van der Waals surface area (Å²) in [6.45, 7) is 3.80. The van der Waals surface area contributed by atoms with Crippen molar-refractivity contribution < 1.29 is 14.7 Å². The highest BCUT2D eigenvalue weighted by molar-refractivity contribution is 5.95. The smallest absolute Gasteiger partial charge is 0.307 e. The fourth-order valence-corrected chi connectivity index (χ4v) is 3.63. The molecule has 1 heterocycles. The van der Waals surface area contributed by atoms with E-state index >= 15 is 0 Å². The van der Waals surface area contributed by atoms with Gasteiger partial charge in [0.25, 0.3) is 0 Å². The number of carbonyl (C=O) groups is 2. The number of carboxylic acids is 1. The topological polar surface area (TPSA) is 79.3 Å². The van der Waals surface area contributed by atoms with Crippen molar-refractivity contribution in [2.75, 3.05) is 5.32 Å². The summed E-state index contributed by atoms with van der Waals surface area (Å²) in [5.74, 6) is -1.74. The van der Waals surface area contributed by atoms with Gasteiger partial charge >= 0.3 is 5.97 Å². The van der Waals surface area contributed by atoms with Gasteiger partial charge in [0.05, 0.1) is 11.8 Å². The predicted octanol–water partition coefficient (Wildman–Crippen LogP) is 2.16. The van der Waals surface area contributed by atoms with Crippen LogP contribution in [0.1, 0.15) is 17.7 Å². The maximum absolute atomic E-state index is 12.5. The summed E-state index contributed by atoms with van der Waals surface area (Å²) in [5, 5.41) is 12.2. The van der Waals surface area contributed by atoms with Crippen LogP contribution in [0.3, 0.4) is 0 Å². The van der Waals surface area contributed by atoms with E-state index in [0.29, 0.717) is 5.82 Å². The second-order valence-electron chi connectivity index (χ2n) is 6.00. The largest absolute Gasteiger partial charge is 0.481 e. The Balaban J connectivity index is 1.82. The number of fused-ring (bicyclic) bond motifs is 2. The first-order valence-electron chi connectivity index (χ1n) is 7.13. The van der Waals surface area contributed by atoms with E-state index < -0.39 is 17.8 Å². The Bertz CT molecular complexity index is 618. The number of anilines is 1. The summed E-state index contributed by atoms with van der Waals surface area (Å²) in [6, 6.07) is 3.72. The Labute approximate surface area is 123 Å². The van der Waals surface area contributed by atoms with E-state index in [-0.39, 0.29) is 17.7 Å². The number of nitrogens with zero attached hydrogens (tertiary/aromatic N) is 1. The molecular formula is C16H18N2O3. The fourth-order valence-electron chi connectivity index (χ4n) is 3.63. The molecule has 21 heavy (non-hydrogen) atoms. The summed E-state index contributed by atoms with van der Waals surface area (Å²) in [7, 11) is 0. The number of carbonyl (C=O) groups excluding carboxylic acids is 1. The van der Waals surface area contributed by atoms with Crippen molar-refractivity contribution in [2.24, 2.45) is 23.7 Å². The number of amides is 1. The molecule has 3 rings (SSSR count). The van der Waals surface area contributed by atoms with Crippen LogP contribution < -0.4 is 5.32 Å². The van der Waals surface area contributed by atoms with Crippen molar-refractivity contribution in [3.8, 4) is 0 Å². The van der Waals surface area contributed by atoms with Gasteiger partial charge in [-0.25, -0.2) is 4.98 Å². The van der Waals surface area contributed by atoms with Crippen molar-refractivity contribution in [2.45, 2.75) is 20.3 Å². The second kappa shape index (κ2) is 4.98. The van der Waals surface area contributed by atoms with Gasteiger partial charge < -0.3 is 10.4 Å². The van der Waals surface area contributed by atoms with Crippen molar-refractivity contribution in [1.82, 2.24) is 4.98 Å². The number of allylic oxidation sites excluding steroid dienone is 2. The minimum absolute atomic E-state index is 0.0181. The standard InChI is InChI=1S/C16H18N2O3/c1-8-5-9(2)17-12(6-8)18-15(19)13-10-3-4-11(7-10)14(13)16(20)21/h3-6,10-11,13-14H,7H2,1-2H3,(H,20,21)(H,17,18,19)/t10-,11+,13+,14+/m1/s1. The van der Waals surface area contributed by atoms with Crippen molar-refractivity contribution in [3.05, 3.63) is 35.5 Å². The van der Waals surface area contributed by atoms with Gasteiger partial charge in [0.15, 0.2) is 0 Å². The van der Waals surface area contributed by atoms with Crippen LogP contribution in [-0.4, -0.2) is 22.0 Å². The third-order valence-electron chi connectivity index (χ3n) is 4.40. The first kappa shape index (κ1) is 13.8. The molecule has 2 bridgehead atoms. The Morgan fingerprint density at radius 2 is 1.86 bits per heavy atom. The lowest BCUT2D eigenvalue weighted by atomic mass is 9.82. The van der Waals surface area contributed by atoms with Crippen LogP contribution in [0.15, 0.2) is 24.3 Å². The molecule has 1 amide bonds. The molecule has 0 spiro atoms. The average molecular weight is 286 g/mol. The highest BCUT2D eigenvalue weighted by Gasteiger charge is 2.51. The molecule has 0 unspecified atom stereocenters. The minimum atomic E-state index is -0.889. The number of rotatable bonds is 3. The number of aromatic nitrogens is 1. The maximum atomic E-state index is 12.5. The minimum Gasteiger partial charge on any atom is -0.481 e. The van der Waals surface area contributed by atoms with Crippen molar-refractivity contribution >= 4 is 17.7 Å². The van der Waals surface area contributed by atoms with Crippen LogP contribution in [0, 0.1) is 37.5 Å². The normalized spacial score (nSPS) is 29.6. The Kier molecular flexibility index (Phi) is 3.27. The highest BCUT2D eigenvalue weighted by Crippen LogP contribution is 2.48. The van der Waals surface area contributed by atoms with E-state index in [1.54, 1.807) is 6.07 Å². The van der Waals surface area contributed by atoms with E-state index in [9.17, 15) is 14.7 Å². The molecule has 1 fully saturated rings. The zero-order valence-electron chi connectivity index (χ0n) is 12.0. The highest BCUT2D eigenvalue weighted by atomic mass is 16.4. The van der Waals surface area contributed by atoms with Gasteiger partial charge in [0.2, 0.25) is 5.91 Å². The van der Waals surface area contributed by atoms with Crippen LogP contribution in [0.5, 0.6) is 0 Å². The molecule has 1 saturated carbocycles. The summed E-state index contributed by atoms with van der Waals surface area (Å²) in [5.41, 5.74) is 1.84. The zero-order valence-corrected chi connectivity index (χ0v) is 12.0.